The molecule has 1 aromatic rings. The number of amides is 1. The van der Waals surface area contributed by atoms with E-state index in [-0.39, 0.29) is 11.0 Å². The minimum Gasteiger partial charge on any atom is -0.356 e. The molecule has 5 heteroatoms. The van der Waals surface area contributed by atoms with Crippen LogP contribution in [-0.4, -0.2) is 23.3 Å². The van der Waals surface area contributed by atoms with Crippen LogP contribution in [0.25, 0.3) is 0 Å². The smallest absolute Gasteiger partial charge is 0.229 e. The third-order valence-electron chi connectivity index (χ3n) is 1.43. The molecule has 1 N–H and O–H groups in total. The summed E-state index contributed by atoms with van der Waals surface area (Å²) in [5.74, 6) is 0.560. The van der Waals surface area contributed by atoms with E-state index in [0.717, 1.165) is 4.88 Å². The number of carbonyl (C=O) groups is 2. The van der Waals surface area contributed by atoms with E-state index in [2.05, 4.69) is 5.32 Å². The Kier molecular flexibility index (Phi) is 4.69. The Balaban J connectivity index is 2.19. The van der Waals surface area contributed by atoms with Gasteiger partial charge in [0, 0.05) is 19.2 Å². The summed E-state index contributed by atoms with van der Waals surface area (Å²) in [5.41, 5.74) is 0. The lowest BCUT2D eigenvalue weighted by Crippen LogP contribution is -2.22. The fourth-order valence-electron chi connectivity index (χ4n) is 0.837. The summed E-state index contributed by atoms with van der Waals surface area (Å²) in [6.45, 7) is 2.00. The monoisotopic (exact) mass is 229 g/mol. The zero-order chi connectivity index (χ0) is 10.4. The van der Waals surface area contributed by atoms with Gasteiger partial charge in [0.2, 0.25) is 11.0 Å². The standard InChI is InChI=1S/C9H11NO2S2/c1-7(11)10-4-6-14-9(12)8-3-2-5-13-8/h2-3,5H,4,6H2,1H3,(H,10,11). The van der Waals surface area contributed by atoms with Gasteiger partial charge in [-0.2, -0.15) is 0 Å². The van der Waals surface area contributed by atoms with Crippen LogP contribution in [-0.2, 0) is 4.79 Å². The summed E-state index contributed by atoms with van der Waals surface area (Å²) in [6.07, 6.45) is 0. The molecule has 1 amide bonds. The first-order chi connectivity index (χ1) is 6.70. The molecule has 0 saturated heterocycles. The van der Waals surface area contributed by atoms with Crippen molar-refractivity contribution < 1.29 is 9.59 Å². The van der Waals surface area contributed by atoms with E-state index < -0.39 is 0 Å². The van der Waals surface area contributed by atoms with Crippen molar-refractivity contribution in [2.24, 2.45) is 0 Å². The highest BCUT2D eigenvalue weighted by atomic mass is 32.2. The molecule has 0 radical (unpaired) electrons. The molecule has 0 saturated carbocycles. The van der Waals surface area contributed by atoms with Gasteiger partial charge in [0.05, 0.1) is 4.88 Å². The van der Waals surface area contributed by atoms with Crippen LogP contribution < -0.4 is 5.32 Å². The lowest BCUT2D eigenvalue weighted by molar-refractivity contribution is -0.118. The molecule has 1 rings (SSSR count). The molecule has 0 unspecified atom stereocenters. The van der Waals surface area contributed by atoms with E-state index in [0.29, 0.717) is 12.3 Å². The Labute approximate surface area is 90.9 Å². The number of thiophene rings is 1. The molecule has 14 heavy (non-hydrogen) atoms. The first-order valence-corrected chi connectivity index (χ1v) is 6.02. The van der Waals surface area contributed by atoms with Crippen molar-refractivity contribution in [1.29, 1.82) is 0 Å². The Morgan fingerprint density at radius 3 is 2.93 bits per heavy atom. The third-order valence-corrected chi connectivity index (χ3v) is 3.32. The summed E-state index contributed by atoms with van der Waals surface area (Å²) >= 11 is 2.67. The molecule has 0 atom stereocenters. The van der Waals surface area contributed by atoms with Crippen LogP contribution in [0.15, 0.2) is 17.5 Å². The summed E-state index contributed by atoms with van der Waals surface area (Å²) in [4.78, 5) is 22.7. The van der Waals surface area contributed by atoms with Crippen molar-refractivity contribution in [3.8, 4) is 0 Å². The molecular weight excluding hydrogens is 218 g/mol. The van der Waals surface area contributed by atoms with E-state index >= 15 is 0 Å². The zero-order valence-electron chi connectivity index (χ0n) is 7.78. The highest BCUT2D eigenvalue weighted by Gasteiger charge is 2.06. The third kappa shape index (κ3) is 3.93. The zero-order valence-corrected chi connectivity index (χ0v) is 9.41. The van der Waals surface area contributed by atoms with Gasteiger partial charge >= 0.3 is 0 Å². The second-order valence-electron chi connectivity index (χ2n) is 2.60. The van der Waals surface area contributed by atoms with E-state index in [9.17, 15) is 9.59 Å². The second kappa shape index (κ2) is 5.82. The van der Waals surface area contributed by atoms with Gasteiger partial charge in [-0.25, -0.2) is 0 Å². The largest absolute Gasteiger partial charge is 0.356 e. The maximum Gasteiger partial charge on any atom is 0.229 e. The Morgan fingerprint density at radius 2 is 2.36 bits per heavy atom. The molecule has 1 aromatic heterocycles. The molecule has 0 spiro atoms. The van der Waals surface area contributed by atoms with Crippen LogP contribution >= 0.6 is 23.1 Å². The van der Waals surface area contributed by atoms with Gasteiger partial charge in [0.15, 0.2) is 0 Å². The van der Waals surface area contributed by atoms with Gasteiger partial charge in [0.25, 0.3) is 0 Å². The summed E-state index contributed by atoms with van der Waals surface area (Å²) in [7, 11) is 0. The molecule has 3 nitrogen and oxygen atoms in total. The van der Waals surface area contributed by atoms with Crippen molar-refractivity contribution in [2.75, 3.05) is 12.3 Å². The van der Waals surface area contributed by atoms with E-state index in [4.69, 9.17) is 0 Å². The van der Waals surface area contributed by atoms with E-state index in [1.807, 2.05) is 11.4 Å². The Bertz CT molecular complexity index is 309. The lowest BCUT2D eigenvalue weighted by Gasteiger charge is -1.99. The topological polar surface area (TPSA) is 46.2 Å². The number of carbonyl (C=O) groups excluding carboxylic acids is 2. The average Bonchev–Trinajstić information content (AvgIpc) is 2.64. The highest BCUT2D eigenvalue weighted by Crippen LogP contribution is 2.16. The molecular formula is C9H11NO2S2. The molecule has 0 bridgehead atoms. The van der Waals surface area contributed by atoms with Crippen LogP contribution in [0.3, 0.4) is 0 Å². The van der Waals surface area contributed by atoms with Crippen molar-refractivity contribution in [3.05, 3.63) is 22.4 Å². The van der Waals surface area contributed by atoms with Gasteiger partial charge in [-0.15, -0.1) is 11.3 Å². The summed E-state index contributed by atoms with van der Waals surface area (Å²) in [5, 5.41) is 4.59. The fraction of sp³-hybridized carbons (Fsp3) is 0.333. The van der Waals surface area contributed by atoms with Gasteiger partial charge < -0.3 is 5.32 Å². The second-order valence-corrected chi connectivity index (χ2v) is 4.61. The Morgan fingerprint density at radius 1 is 1.57 bits per heavy atom. The minimum absolute atomic E-state index is 0.0610. The molecule has 0 aliphatic heterocycles. The lowest BCUT2D eigenvalue weighted by atomic mass is 10.5. The van der Waals surface area contributed by atoms with Crippen molar-refractivity contribution in [1.82, 2.24) is 5.32 Å². The minimum atomic E-state index is -0.0610. The normalized spacial score (nSPS) is 9.79. The maximum absolute atomic E-state index is 11.4. The number of hydrogen-bond acceptors (Lipinski definition) is 4. The highest BCUT2D eigenvalue weighted by molar-refractivity contribution is 8.14. The van der Waals surface area contributed by atoms with Crippen molar-refractivity contribution >= 4 is 34.1 Å². The first-order valence-electron chi connectivity index (χ1n) is 4.15. The average molecular weight is 229 g/mol. The van der Waals surface area contributed by atoms with Gasteiger partial charge in [-0.1, -0.05) is 17.8 Å². The predicted molar refractivity (Wildman–Crippen MR) is 59.8 cm³/mol. The molecule has 0 aliphatic rings. The number of nitrogens with one attached hydrogen (secondary N) is 1. The summed E-state index contributed by atoms with van der Waals surface area (Å²) in [6, 6.07) is 3.66. The van der Waals surface area contributed by atoms with Crippen LogP contribution in [0.4, 0.5) is 0 Å². The van der Waals surface area contributed by atoms with Crippen molar-refractivity contribution in [3.63, 3.8) is 0 Å². The fourth-order valence-corrected chi connectivity index (χ4v) is 2.31. The van der Waals surface area contributed by atoms with Crippen LogP contribution in [0.1, 0.15) is 16.6 Å². The van der Waals surface area contributed by atoms with E-state index in [1.54, 1.807) is 6.07 Å². The van der Waals surface area contributed by atoms with Crippen LogP contribution in [0.2, 0.25) is 0 Å². The molecule has 76 valence electrons. The predicted octanol–water partition coefficient (Wildman–Crippen LogP) is 1.76. The quantitative estimate of drug-likeness (QED) is 0.800. The van der Waals surface area contributed by atoms with Crippen LogP contribution in [0, 0.1) is 0 Å². The van der Waals surface area contributed by atoms with Crippen LogP contribution in [0.5, 0.6) is 0 Å². The molecule has 0 aromatic carbocycles. The first kappa shape index (κ1) is 11.3. The van der Waals surface area contributed by atoms with Gasteiger partial charge in [0.1, 0.15) is 0 Å². The number of thioether (sulfide) groups is 1. The van der Waals surface area contributed by atoms with Crippen molar-refractivity contribution in [2.45, 2.75) is 6.92 Å². The van der Waals surface area contributed by atoms with Gasteiger partial charge in [-0.05, 0) is 11.4 Å². The molecule has 0 fully saturated rings. The molecule has 0 aliphatic carbocycles. The number of rotatable bonds is 4. The Hall–Kier alpha value is -0.810. The number of hydrogen-bond donors (Lipinski definition) is 1. The summed E-state index contributed by atoms with van der Waals surface area (Å²) < 4.78 is 0. The maximum atomic E-state index is 11.4. The van der Waals surface area contributed by atoms with E-state index in [1.165, 1.54) is 30.0 Å². The molecule has 1 heterocycles. The van der Waals surface area contributed by atoms with Gasteiger partial charge in [-0.3, -0.25) is 9.59 Å². The SMILES string of the molecule is CC(=O)NCCSC(=O)c1cccs1.